The molecule has 0 atom stereocenters. The number of nitrogens with two attached hydrogens (primary N) is 1. The summed E-state index contributed by atoms with van der Waals surface area (Å²) < 4.78 is 0. The van der Waals surface area contributed by atoms with Crippen LogP contribution in [0.2, 0.25) is 0 Å². The molecule has 1 aromatic carbocycles. The molecule has 4 heterocycles. The summed E-state index contributed by atoms with van der Waals surface area (Å²) >= 11 is 0. The molecular formula is C20H21N5O2. The number of likely N-dealkylation sites (tertiary alicyclic amines) is 1. The molecule has 5 rings (SSSR count). The van der Waals surface area contributed by atoms with E-state index in [9.17, 15) is 9.59 Å². The van der Waals surface area contributed by atoms with E-state index in [1.165, 1.54) is 0 Å². The molecule has 138 valence electrons. The summed E-state index contributed by atoms with van der Waals surface area (Å²) in [6.45, 7) is 5.02. The summed E-state index contributed by atoms with van der Waals surface area (Å²) in [6.07, 6.45) is 2.59. The third kappa shape index (κ3) is 2.31. The SMILES string of the molecule is CC(=O)N1CCC2(C1)CN(c1ncc(C(N)=O)c3[nH]c4ccccc4c13)C2. The molecule has 2 fully saturated rings. The Labute approximate surface area is 156 Å². The van der Waals surface area contributed by atoms with Crippen LogP contribution >= 0.6 is 0 Å². The van der Waals surface area contributed by atoms with Crippen molar-refractivity contribution in [2.24, 2.45) is 11.1 Å². The van der Waals surface area contributed by atoms with Crippen LogP contribution in [0.1, 0.15) is 23.7 Å². The molecule has 2 aromatic heterocycles. The minimum atomic E-state index is -0.487. The van der Waals surface area contributed by atoms with Crippen molar-refractivity contribution < 1.29 is 9.59 Å². The van der Waals surface area contributed by atoms with Gasteiger partial charge in [0, 0.05) is 55.6 Å². The van der Waals surface area contributed by atoms with Gasteiger partial charge in [-0.25, -0.2) is 4.98 Å². The first-order valence-electron chi connectivity index (χ1n) is 9.17. The second kappa shape index (κ2) is 5.45. The zero-order chi connectivity index (χ0) is 18.8. The van der Waals surface area contributed by atoms with Gasteiger partial charge in [0.15, 0.2) is 0 Å². The van der Waals surface area contributed by atoms with Crippen molar-refractivity contribution in [1.82, 2.24) is 14.9 Å². The second-order valence-corrected chi connectivity index (χ2v) is 7.83. The molecular weight excluding hydrogens is 342 g/mol. The molecule has 0 radical (unpaired) electrons. The Balaban J connectivity index is 1.56. The number of carbonyl (C=O) groups excluding carboxylic acids is 2. The second-order valence-electron chi connectivity index (χ2n) is 7.83. The van der Waals surface area contributed by atoms with Crippen LogP contribution < -0.4 is 10.6 Å². The number of rotatable bonds is 2. The van der Waals surface area contributed by atoms with E-state index in [0.29, 0.717) is 5.56 Å². The Morgan fingerprint density at radius 3 is 2.70 bits per heavy atom. The van der Waals surface area contributed by atoms with Gasteiger partial charge in [-0.3, -0.25) is 9.59 Å². The van der Waals surface area contributed by atoms with Gasteiger partial charge >= 0.3 is 0 Å². The van der Waals surface area contributed by atoms with Crippen LogP contribution in [0.5, 0.6) is 0 Å². The number of para-hydroxylation sites is 1. The zero-order valence-corrected chi connectivity index (χ0v) is 15.2. The number of nitrogens with zero attached hydrogens (tertiary/aromatic N) is 3. The van der Waals surface area contributed by atoms with Gasteiger partial charge in [0.1, 0.15) is 5.82 Å². The highest BCUT2D eigenvalue weighted by molar-refractivity contribution is 6.18. The summed E-state index contributed by atoms with van der Waals surface area (Å²) in [5.74, 6) is 0.534. The molecule has 0 bridgehead atoms. The number of fused-ring (bicyclic) bond motifs is 3. The van der Waals surface area contributed by atoms with Crippen molar-refractivity contribution >= 4 is 39.4 Å². The van der Waals surface area contributed by atoms with E-state index in [-0.39, 0.29) is 11.3 Å². The predicted molar refractivity (Wildman–Crippen MR) is 104 cm³/mol. The van der Waals surface area contributed by atoms with Gasteiger partial charge in [-0.05, 0) is 12.5 Å². The van der Waals surface area contributed by atoms with E-state index in [1.54, 1.807) is 13.1 Å². The summed E-state index contributed by atoms with van der Waals surface area (Å²) in [7, 11) is 0. The molecule has 2 saturated heterocycles. The van der Waals surface area contributed by atoms with Crippen LogP contribution in [-0.4, -0.2) is 52.9 Å². The number of aromatic nitrogens is 2. The summed E-state index contributed by atoms with van der Waals surface area (Å²) in [6, 6.07) is 7.97. The highest BCUT2D eigenvalue weighted by Crippen LogP contribution is 2.44. The van der Waals surface area contributed by atoms with Crippen LogP contribution in [0.4, 0.5) is 5.82 Å². The number of amides is 2. The molecule has 0 aliphatic carbocycles. The predicted octanol–water partition coefficient (Wildman–Crippen LogP) is 1.87. The van der Waals surface area contributed by atoms with Gasteiger partial charge in [-0.2, -0.15) is 0 Å². The summed E-state index contributed by atoms with van der Waals surface area (Å²) in [4.78, 5) is 35.7. The van der Waals surface area contributed by atoms with Gasteiger partial charge < -0.3 is 20.5 Å². The Bertz CT molecular complexity index is 1100. The van der Waals surface area contributed by atoms with Crippen LogP contribution in [0.3, 0.4) is 0 Å². The first kappa shape index (κ1) is 16.1. The lowest BCUT2D eigenvalue weighted by Gasteiger charge is -2.48. The first-order chi connectivity index (χ1) is 13.0. The highest BCUT2D eigenvalue weighted by atomic mass is 16.2. The minimum Gasteiger partial charge on any atom is -0.365 e. The number of primary amides is 1. The van der Waals surface area contributed by atoms with Crippen molar-refractivity contribution in [2.45, 2.75) is 13.3 Å². The Morgan fingerprint density at radius 1 is 1.22 bits per heavy atom. The molecule has 7 nitrogen and oxygen atoms in total. The van der Waals surface area contributed by atoms with Crippen molar-refractivity contribution in [3.63, 3.8) is 0 Å². The molecule has 2 aliphatic rings. The number of pyridine rings is 1. The molecule has 2 aliphatic heterocycles. The van der Waals surface area contributed by atoms with E-state index in [1.807, 2.05) is 29.2 Å². The number of hydrogen-bond donors (Lipinski definition) is 2. The molecule has 2 amide bonds. The third-order valence-corrected chi connectivity index (χ3v) is 6.02. The van der Waals surface area contributed by atoms with Gasteiger partial charge in [-0.1, -0.05) is 18.2 Å². The lowest BCUT2D eigenvalue weighted by Crippen LogP contribution is -2.58. The summed E-state index contributed by atoms with van der Waals surface area (Å²) in [5.41, 5.74) is 7.83. The smallest absolute Gasteiger partial charge is 0.252 e. The van der Waals surface area contributed by atoms with Gasteiger partial charge in [0.25, 0.3) is 5.91 Å². The summed E-state index contributed by atoms with van der Waals surface area (Å²) in [5, 5.41) is 1.98. The Morgan fingerprint density at radius 2 is 2.00 bits per heavy atom. The third-order valence-electron chi connectivity index (χ3n) is 6.02. The minimum absolute atomic E-state index is 0.147. The number of benzene rings is 1. The number of hydrogen-bond acceptors (Lipinski definition) is 4. The maximum Gasteiger partial charge on any atom is 0.252 e. The van der Waals surface area contributed by atoms with Gasteiger partial charge in [-0.15, -0.1) is 0 Å². The molecule has 27 heavy (non-hydrogen) atoms. The Kier molecular flexibility index (Phi) is 3.25. The number of carbonyl (C=O) groups is 2. The van der Waals surface area contributed by atoms with Crippen LogP contribution in [0, 0.1) is 5.41 Å². The topological polar surface area (TPSA) is 95.3 Å². The van der Waals surface area contributed by atoms with Crippen molar-refractivity contribution in [1.29, 1.82) is 0 Å². The quantitative estimate of drug-likeness (QED) is 0.727. The van der Waals surface area contributed by atoms with Crippen molar-refractivity contribution in [3.8, 4) is 0 Å². The van der Waals surface area contributed by atoms with Gasteiger partial charge in [0.05, 0.1) is 16.5 Å². The fourth-order valence-corrected chi connectivity index (χ4v) is 4.63. The molecule has 1 spiro atoms. The molecule has 7 heteroatoms. The fourth-order valence-electron chi connectivity index (χ4n) is 4.63. The average molecular weight is 363 g/mol. The van der Waals surface area contributed by atoms with Crippen LogP contribution in [0.25, 0.3) is 21.8 Å². The van der Waals surface area contributed by atoms with Crippen molar-refractivity contribution in [2.75, 3.05) is 31.1 Å². The van der Waals surface area contributed by atoms with E-state index >= 15 is 0 Å². The molecule has 0 saturated carbocycles. The number of H-pyrrole nitrogens is 1. The lowest BCUT2D eigenvalue weighted by molar-refractivity contribution is -0.128. The zero-order valence-electron chi connectivity index (χ0n) is 15.2. The fraction of sp³-hybridized carbons (Fsp3) is 0.350. The molecule has 0 unspecified atom stereocenters. The normalized spacial score (nSPS) is 18.4. The number of anilines is 1. The average Bonchev–Trinajstić information content (AvgIpc) is 3.22. The number of aromatic amines is 1. The van der Waals surface area contributed by atoms with Gasteiger partial charge in [0.2, 0.25) is 5.91 Å². The highest BCUT2D eigenvalue weighted by Gasteiger charge is 2.49. The maximum absolute atomic E-state index is 11.9. The van der Waals surface area contributed by atoms with Crippen LogP contribution in [0.15, 0.2) is 30.5 Å². The van der Waals surface area contributed by atoms with Crippen LogP contribution in [-0.2, 0) is 4.79 Å². The Hall–Kier alpha value is -3.09. The maximum atomic E-state index is 11.9. The van der Waals surface area contributed by atoms with E-state index in [0.717, 1.165) is 60.2 Å². The first-order valence-corrected chi connectivity index (χ1v) is 9.17. The van der Waals surface area contributed by atoms with E-state index in [4.69, 9.17) is 5.73 Å². The lowest BCUT2D eigenvalue weighted by atomic mass is 9.79. The molecule has 3 N–H and O–H groups in total. The van der Waals surface area contributed by atoms with E-state index in [2.05, 4.69) is 14.9 Å². The molecule has 3 aromatic rings. The monoisotopic (exact) mass is 363 g/mol. The van der Waals surface area contributed by atoms with Crippen molar-refractivity contribution in [3.05, 3.63) is 36.0 Å². The largest absolute Gasteiger partial charge is 0.365 e. The number of nitrogens with one attached hydrogen (secondary N) is 1. The standard InChI is InChI=1S/C20H21N5O2/c1-12(26)24-7-6-20(9-24)10-25(11-20)19-16-13-4-2-3-5-15(13)23-17(16)14(8-22-19)18(21)27/h2-5,8,23H,6-7,9-11H2,1H3,(H2,21,27). The van der Waals surface area contributed by atoms with E-state index < -0.39 is 5.91 Å².